The molecule has 0 aliphatic carbocycles. The van der Waals surface area contributed by atoms with Crippen molar-refractivity contribution < 1.29 is 33.3 Å². The highest BCUT2D eigenvalue weighted by Crippen LogP contribution is 2.48. The second kappa shape index (κ2) is 9.66. The molecule has 5 heterocycles. The number of aromatic hydroxyl groups is 1. The number of aromatic nitrogens is 1. The first-order valence-corrected chi connectivity index (χ1v) is 13.8. The molecule has 3 fully saturated rings. The number of hydrogen-bond acceptors (Lipinski definition) is 8. The van der Waals surface area contributed by atoms with Gasteiger partial charge in [0.05, 0.1) is 24.8 Å². The highest BCUT2D eigenvalue weighted by Gasteiger charge is 2.47. The van der Waals surface area contributed by atoms with Gasteiger partial charge < -0.3 is 34.0 Å². The Kier molecular flexibility index (Phi) is 6.49. The van der Waals surface area contributed by atoms with E-state index >= 15 is 4.39 Å². The van der Waals surface area contributed by atoms with E-state index in [-0.39, 0.29) is 64.4 Å². The smallest absolute Gasteiger partial charge is 0.410 e. The van der Waals surface area contributed by atoms with Crippen LogP contribution in [0.15, 0.2) is 18.2 Å². The molecule has 0 radical (unpaired) electrons. The van der Waals surface area contributed by atoms with Gasteiger partial charge in [0, 0.05) is 38.1 Å². The maximum atomic E-state index is 15.0. The summed E-state index contributed by atoms with van der Waals surface area (Å²) >= 11 is 6.81. The summed E-state index contributed by atoms with van der Waals surface area (Å²) in [5, 5.41) is 10.5. The minimum atomic E-state index is -0.698. The molecule has 0 saturated carbocycles. The van der Waals surface area contributed by atoms with Gasteiger partial charge in [0.15, 0.2) is 5.75 Å². The van der Waals surface area contributed by atoms with Crippen molar-refractivity contribution in [1.29, 1.82) is 0 Å². The number of hydrogen-bond donors (Lipinski definition) is 1. The van der Waals surface area contributed by atoms with E-state index < -0.39 is 23.6 Å². The first kappa shape index (κ1) is 26.9. The van der Waals surface area contributed by atoms with Crippen molar-refractivity contribution in [2.75, 3.05) is 57.4 Å². The number of carbonyl (C=O) groups excluding carboxylic acids is 2. The minimum Gasteiger partial charge on any atom is -0.507 e. The third-order valence-electron chi connectivity index (χ3n) is 7.89. The Labute approximate surface area is 236 Å². The Hall–Kier alpha value is -3.31. The first-order chi connectivity index (χ1) is 19.0. The third kappa shape index (κ3) is 4.58. The van der Waals surface area contributed by atoms with Crippen LogP contribution in [0.25, 0.3) is 11.3 Å². The van der Waals surface area contributed by atoms with Crippen LogP contribution in [0.2, 0.25) is 5.02 Å². The van der Waals surface area contributed by atoms with Gasteiger partial charge in [0.2, 0.25) is 0 Å². The van der Waals surface area contributed by atoms with Crippen LogP contribution >= 0.6 is 11.6 Å². The molecule has 3 saturated heterocycles. The Morgan fingerprint density at radius 2 is 2.00 bits per heavy atom. The fraction of sp³-hybridized carbons (Fsp3) is 0.536. The van der Waals surface area contributed by atoms with E-state index in [1.165, 1.54) is 18.2 Å². The van der Waals surface area contributed by atoms with Crippen molar-refractivity contribution in [3.05, 3.63) is 34.6 Å². The molecule has 1 N–H and O–H groups in total. The molecule has 1 spiro atoms. The van der Waals surface area contributed by atoms with Gasteiger partial charge in [0.1, 0.15) is 45.9 Å². The Morgan fingerprint density at radius 3 is 2.65 bits per heavy atom. The molecule has 1 aromatic heterocycles. The summed E-state index contributed by atoms with van der Waals surface area (Å²) in [4.78, 5) is 36.9. The molecular weight excluding hydrogens is 543 g/mol. The summed E-state index contributed by atoms with van der Waals surface area (Å²) in [5.74, 6) is -0.910. The average Bonchev–Trinajstić information content (AvgIpc) is 3.28. The van der Waals surface area contributed by atoms with E-state index in [1.807, 2.05) is 4.90 Å². The third-order valence-corrected chi connectivity index (χ3v) is 8.24. The predicted octanol–water partition coefficient (Wildman–Crippen LogP) is 3.93. The molecule has 6 rings (SSSR count). The normalized spacial score (nSPS) is 21.9. The van der Waals surface area contributed by atoms with E-state index in [2.05, 4.69) is 0 Å². The second-order valence-corrected chi connectivity index (χ2v) is 12.4. The number of amides is 2. The molecule has 40 heavy (non-hydrogen) atoms. The van der Waals surface area contributed by atoms with Gasteiger partial charge in [0.25, 0.3) is 5.91 Å². The lowest BCUT2D eigenvalue weighted by molar-refractivity contribution is -0.0985. The number of piperazine rings is 1. The number of pyridine rings is 1. The van der Waals surface area contributed by atoms with Gasteiger partial charge in [-0.15, -0.1) is 0 Å². The number of phenolic OH excluding ortho intramolecular Hbond substituents is 1. The zero-order chi connectivity index (χ0) is 28.4. The standard InChI is InChI=1S/C28H32ClFN4O6/c1-27(2,3)40-26(37)32-9-10-34-16(11-32)12-39-23-20(25(34)36)24(33-8-7-28(13-33)14-38-15-28)31-22(21(23)29)19-17(30)5-4-6-18(19)35/h4-6,16,35H,7-15H2,1-3H3. The number of anilines is 1. The van der Waals surface area contributed by atoms with Crippen molar-refractivity contribution in [3.63, 3.8) is 0 Å². The number of phenols is 1. The number of nitrogens with zero attached hydrogens (tertiary/aromatic N) is 4. The summed E-state index contributed by atoms with van der Waals surface area (Å²) in [6, 6.07) is 3.50. The van der Waals surface area contributed by atoms with E-state index in [0.29, 0.717) is 38.7 Å². The van der Waals surface area contributed by atoms with E-state index in [1.54, 1.807) is 30.6 Å². The zero-order valence-electron chi connectivity index (χ0n) is 22.7. The average molecular weight is 575 g/mol. The van der Waals surface area contributed by atoms with E-state index in [4.69, 9.17) is 30.8 Å². The lowest BCUT2D eigenvalue weighted by atomic mass is 9.85. The van der Waals surface area contributed by atoms with Crippen LogP contribution in [0, 0.1) is 11.2 Å². The summed E-state index contributed by atoms with van der Waals surface area (Å²) in [6.45, 7) is 8.74. The van der Waals surface area contributed by atoms with Gasteiger partial charge >= 0.3 is 6.09 Å². The number of rotatable bonds is 2. The molecular formula is C28H32ClFN4O6. The van der Waals surface area contributed by atoms with Crippen LogP contribution in [0.1, 0.15) is 37.6 Å². The number of halogens is 2. The SMILES string of the molecule is CC(C)(C)OC(=O)N1CCN2C(=O)c3c(N4CCC5(COC5)C4)nc(-c4c(O)cccc4F)c(Cl)c3OCC2C1. The molecule has 0 bridgehead atoms. The van der Waals surface area contributed by atoms with Gasteiger partial charge in [-0.05, 0) is 39.3 Å². The highest BCUT2D eigenvalue weighted by molar-refractivity contribution is 6.35. The molecule has 12 heteroatoms. The largest absolute Gasteiger partial charge is 0.507 e. The molecule has 214 valence electrons. The number of fused-ring (bicyclic) bond motifs is 2. The lowest BCUT2D eigenvalue weighted by Crippen LogP contribution is -2.58. The summed E-state index contributed by atoms with van der Waals surface area (Å²) in [7, 11) is 0. The monoisotopic (exact) mass is 574 g/mol. The van der Waals surface area contributed by atoms with Crippen molar-refractivity contribution in [3.8, 4) is 22.8 Å². The van der Waals surface area contributed by atoms with Crippen molar-refractivity contribution >= 4 is 29.4 Å². The highest BCUT2D eigenvalue weighted by atomic mass is 35.5. The van der Waals surface area contributed by atoms with Crippen molar-refractivity contribution in [2.45, 2.75) is 38.8 Å². The zero-order valence-corrected chi connectivity index (χ0v) is 23.5. The Morgan fingerprint density at radius 1 is 1.23 bits per heavy atom. The van der Waals surface area contributed by atoms with E-state index in [0.717, 1.165) is 6.42 Å². The predicted molar refractivity (Wildman–Crippen MR) is 145 cm³/mol. The van der Waals surface area contributed by atoms with Gasteiger partial charge in [-0.2, -0.15) is 0 Å². The van der Waals surface area contributed by atoms with E-state index in [9.17, 15) is 14.7 Å². The summed E-state index contributed by atoms with van der Waals surface area (Å²) in [6.07, 6.45) is 0.405. The lowest BCUT2D eigenvalue weighted by Gasteiger charge is -2.40. The van der Waals surface area contributed by atoms with Crippen LogP contribution in [0.5, 0.6) is 11.5 Å². The van der Waals surface area contributed by atoms with Gasteiger partial charge in [-0.3, -0.25) is 4.79 Å². The van der Waals surface area contributed by atoms with Crippen molar-refractivity contribution in [2.24, 2.45) is 5.41 Å². The van der Waals surface area contributed by atoms with Crippen LogP contribution in [0.3, 0.4) is 0 Å². The molecule has 4 aliphatic rings. The molecule has 10 nitrogen and oxygen atoms in total. The fourth-order valence-electron chi connectivity index (χ4n) is 5.82. The van der Waals surface area contributed by atoms with Crippen LogP contribution in [0.4, 0.5) is 15.0 Å². The Bertz CT molecular complexity index is 1360. The summed E-state index contributed by atoms with van der Waals surface area (Å²) in [5.41, 5.74) is -0.631. The molecule has 2 amide bonds. The first-order valence-electron chi connectivity index (χ1n) is 13.4. The maximum Gasteiger partial charge on any atom is 0.410 e. The molecule has 1 unspecified atom stereocenters. The minimum absolute atomic E-state index is 0.000112. The number of carbonyl (C=O) groups is 2. The van der Waals surface area contributed by atoms with Gasteiger partial charge in [-0.1, -0.05) is 17.7 Å². The maximum absolute atomic E-state index is 15.0. The van der Waals surface area contributed by atoms with Gasteiger partial charge in [-0.25, -0.2) is 14.2 Å². The molecule has 4 aliphatic heterocycles. The molecule has 1 aromatic carbocycles. The van der Waals surface area contributed by atoms with Crippen LogP contribution in [-0.4, -0.2) is 96.1 Å². The number of benzene rings is 1. The second-order valence-electron chi connectivity index (χ2n) is 12.0. The van der Waals surface area contributed by atoms with Crippen LogP contribution < -0.4 is 9.64 Å². The summed E-state index contributed by atoms with van der Waals surface area (Å²) < 4.78 is 32.3. The van der Waals surface area contributed by atoms with Crippen LogP contribution in [-0.2, 0) is 9.47 Å². The molecule has 2 aromatic rings. The topological polar surface area (TPSA) is 105 Å². The fourth-order valence-corrected chi connectivity index (χ4v) is 6.11. The Balaban J connectivity index is 1.41. The quantitative estimate of drug-likeness (QED) is 0.575. The number of ether oxygens (including phenoxy) is 3. The van der Waals surface area contributed by atoms with Crippen molar-refractivity contribution in [1.82, 2.24) is 14.8 Å². The molecule has 1 atom stereocenters.